The van der Waals surface area contributed by atoms with Gasteiger partial charge >= 0.3 is 0 Å². The van der Waals surface area contributed by atoms with Crippen molar-refractivity contribution in [3.05, 3.63) is 64.9 Å². The van der Waals surface area contributed by atoms with Crippen LogP contribution in [-0.2, 0) is 11.2 Å². The number of imidazole rings is 1. The first-order valence-electron chi connectivity index (χ1n) is 8.13. The Morgan fingerprint density at radius 2 is 2.00 bits per heavy atom. The summed E-state index contributed by atoms with van der Waals surface area (Å²) in [7, 11) is 0. The van der Waals surface area contributed by atoms with Crippen LogP contribution in [0.2, 0.25) is 5.02 Å². The molecule has 1 unspecified atom stereocenters. The van der Waals surface area contributed by atoms with Gasteiger partial charge in [-0.1, -0.05) is 35.9 Å². The molecule has 1 amide bonds. The second-order valence-corrected chi connectivity index (χ2v) is 7.27. The van der Waals surface area contributed by atoms with Gasteiger partial charge in [-0.3, -0.25) is 4.79 Å². The topological polar surface area (TPSA) is 57.8 Å². The summed E-state index contributed by atoms with van der Waals surface area (Å²) < 4.78 is 0. The molecule has 2 N–H and O–H groups in total. The Hall–Kier alpha value is -1.98. The highest BCUT2D eigenvalue weighted by molar-refractivity contribution is 7.98. The minimum absolute atomic E-state index is 0.0196. The van der Waals surface area contributed by atoms with Crippen molar-refractivity contribution in [3.8, 4) is 0 Å². The molecule has 4 nitrogen and oxygen atoms in total. The van der Waals surface area contributed by atoms with Crippen LogP contribution >= 0.6 is 23.4 Å². The molecule has 0 fully saturated rings. The molecule has 1 aromatic heterocycles. The SMILES string of the molecule is CSCCC(NC(=O)Cc1ccc(Cl)cc1)c1nc2ccccc2[nH]1. The van der Waals surface area contributed by atoms with Gasteiger partial charge in [0.2, 0.25) is 5.91 Å². The van der Waals surface area contributed by atoms with Crippen LogP contribution in [0.5, 0.6) is 0 Å². The normalized spacial score (nSPS) is 12.2. The summed E-state index contributed by atoms with van der Waals surface area (Å²) in [6.07, 6.45) is 3.21. The van der Waals surface area contributed by atoms with E-state index >= 15 is 0 Å². The number of halogens is 1. The predicted molar refractivity (Wildman–Crippen MR) is 105 cm³/mol. The molecule has 0 saturated heterocycles. The maximum atomic E-state index is 12.5. The van der Waals surface area contributed by atoms with Crippen molar-refractivity contribution in [3.63, 3.8) is 0 Å². The van der Waals surface area contributed by atoms with Crippen molar-refractivity contribution in [1.82, 2.24) is 15.3 Å². The molecule has 0 bridgehead atoms. The highest BCUT2D eigenvalue weighted by Crippen LogP contribution is 2.20. The molecule has 0 spiro atoms. The lowest BCUT2D eigenvalue weighted by Gasteiger charge is -2.16. The van der Waals surface area contributed by atoms with E-state index in [1.807, 2.05) is 36.4 Å². The van der Waals surface area contributed by atoms with E-state index in [-0.39, 0.29) is 11.9 Å². The maximum Gasteiger partial charge on any atom is 0.225 e. The van der Waals surface area contributed by atoms with Crippen molar-refractivity contribution in [2.75, 3.05) is 12.0 Å². The number of carbonyl (C=O) groups is 1. The number of carbonyl (C=O) groups excluding carboxylic acids is 1. The second kappa shape index (κ2) is 8.41. The molecule has 25 heavy (non-hydrogen) atoms. The van der Waals surface area contributed by atoms with Gasteiger partial charge in [0.05, 0.1) is 23.5 Å². The lowest BCUT2D eigenvalue weighted by Crippen LogP contribution is -2.31. The highest BCUT2D eigenvalue weighted by Gasteiger charge is 2.18. The van der Waals surface area contributed by atoms with Gasteiger partial charge < -0.3 is 10.3 Å². The third-order valence-electron chi connectivity index (χ3n) is 3.96. The molecule has 0 aliphatic carbocycles. The third-order valence-corrected chi connectivity index (χ3v) is 4.86. The number of aromatic amines is 1. The van der Waals surface area contributed by atoms with E-state index in [0.29, 0.717) is 11.4 Å². The minimum Gasteiger partial charge on any atom is -0.346 e. The summed E-state index contributed by atoms with van der Waals surface area (Å²) in [5.74, 6) is 1.73. The molecule has 130 valence electrons. The number of H-pyrrole nitrogens is 1. The van der Waals surface area contributed by atoms with E-state index in [9.17, 15) is 4.79 Å². The van der Waals surface area contributed by atoms with Gasteiger partial charge in [-0.2, -0.15) is 11.8 Å². The summed E-state index contributed by atoms with van der Waals surface area (Å²) >= 11 is 7.65. The number of amides is 1. The second-order valence-electron chi connectivity index (χ2n) is 5.84. The fourth-order valence-corrected chi connectivity index (χ4v) is 3.28. The Morgan fingerprint density at radius 3 is 2.72 bits per heavy atom. The number of rotatable bonds is 7. The Bertz CT molecular complexity index is 814. The van der Waals surface area contributed by atoms with E-state index in [1.165, 1.54) is 0 Å². The molecule has 1 atom stereocenters. The number of nitrogens with zero attached hydrogens (tertiary/aromatic N) is 1. The average molecular weight is 374 g/mol. The van der Waals surface area contributed by atoms with E-state index in [1.54, 1.807) is 23.9 Å². The van der Waals surface area contributed by atoms with Crippen LogP contribution in [0.25, 0.3) is 11.0 Å². The number of nitrogens with one attached hydrogen (secondary N) is 2. The monoisotopic (exact) mass is 373 g/mol. The molecule has 1 heterocycles. The summed E-state index contributed by atoms with van der Waals surface area (Å²) in [4.78, 5) is 20.4. The number of benzene rings is 2. The van der Waals surface area contributed by atoms with Crippen molar-refractivity contribution < 1.29 is 4.79 Å². The van der Waals surface area contributed by atoms with Gasteiger partial charge in [-0.15, -0.1) is 0 Å². The van der Waals surface area contributed by atoms with Gasteiger partial charge in [-0.25, -0.2) is 4.98 Å². The Morgan fingerprint density at radius 1 is 1.24 bits per heavy atom. The molecule has 0 aliphatic heterocycles. The summed E-state index contributed by atoms with van der Waals surface area (Å²) in [6.45, 7) is 0. The number of hydrogen-bond donors (Lipinski definition) is 2. The Kier molecular flexibility index (Phi) is 6.00. The van der Waals surface area contributed by atoms with Crippen LogP contribution in [0.4, 0.5) is 0 Å². The first kappa shape index (κ1) is 17.8. The average Bonchev–Trinajstić information content (AvgIpc) is 3.04. The van der Waals surface area contributed by atoms with Crippen LogP contribution in [0.3, 0.4) is 0 Å². The van der Waals surface area contributed by atoms with E-state index in [4.69, 9.17) is 11.6 Å². The van der Waals surface area contributed by atoms with Crippen LogP contribution < -0.4 is 5.32 Å². The van der Waals surface area contributed by atoms with Crippen molar-refractivity contribution in [2.24, 2.45) is 0 Å². The smallest absolute Gasteiger partial charge is 0.225 e. The van der Waals surface area contributed by atoms with E-state index < -0.39 is 0 Å². The molecule has 3 aromatic rings. The number of fused-ring (bicyclic) bond motifs is 1. The lowest BCUT2D eigenvalue weighted by atomic mass is 10.1. The van der Waals surface area contributed by atoms with Crippen molar-refractivity contribution >= 4 is 40.3 Å². The molecule has 0 radical (unpaired) electrons. The van der Waals surface area contributed by atoms with Gasteiger partial charge in [0, 0.05) is 5.02 Å². The molecule has 3 rings (SSSR count). The quantitative estimate of drug-likeness (QED) is 0.646. The minimum atomic E-state index is -0.125. The summed E-state index contributed by atoms with van der Waals surface area (Å²) in [5, 5.41) is 3.78. The molecular formula is C19H20ClN3OS. The van der Waals surface area contributed by atoms with Crippen LogP contribution in [0.15, 0.2) is 48.5 Å². The third kappa shape index (κ3) is 4.77. The van der Waals surface area contributed by atoms with E-state index in [0.717, 1.165) is 34.6 Å². The highest BCUT2D eigenvalue weighted by atomic mass is 35.5. The van der Waals surface area contributed by atoms with E-state index in [2.05, 4.69) is 21.5 Å². The van der Waals surface area contributed by atoms with Gasteiger partial charge in [0.1, 0.15) is 5.82 Å². The summed E-state index contributed by atoms with van der Waals surface area (Å²) in [6, 6.07) is 15.1. The Balaban J connectivity index is 1.73. The van der Waals surface area contributed by atoms with Crippen LogP contribution in [-0.4, -0.2) is 27.9 Å². The first-order valence-corrected chi connectivity index (χ1v) is 9.90. The fourth-order valence-electron chi connectivity index (χ4n) is 2.68. The molecule has 2 aromatic carbocycles. The standard InChI is InChI=1S/C19H20ClN3OS/c1-25-11-10-17(19-22-15-4-2-3-5-16(15)23-19)21-18(24)12-13-6-8-14(20)9-7-13/h2-9,17H,10-12H2,1H3,(H,21,24)(H,22,23). The zero-order valence-electron chi connectivity index (χ0n) is 14.0. The number of para-hydroxylation sites is 2. The van der Waals surface area contributed by atoms with Gasteiger partial charge in [0.25, 0.3) is 0 Å². The lowest BCUT2D eigenvalue weighted by molar-refractivity contribution is -0.121. The predicted octanol–water partition coefficient (Wildman–Crippen LogP) is 4.37. The zero-order chi connectivity index (χ0) is 17.6. The molecule has 0 aliphatic rings. The molecular weight excluding hydrogens is 354 g/mol. The summed E-state index contributed by atoms with van der Waals surface area (Å²) in [5.41, 5.74) is 2.84. The number of thioether (sulfide) groups is 1. The van der Waals surface area contributed by atoms with Crippen LogP contribution in [0, 0.1) is 0 Å². The number of aromatic nitrogens is 2. The van der Waals surface area contributed by atoms with Gasteiger partial charge in [0.15, 0.2) is 0 Å². The molecule has 0 saturated carbocycles. The van der Waals surface area contributed by atoms with Crippen molar-refractivity contribution in [1.29, 1.82) is 0 Å². The zero-order valence-corrected chi connectivity index (χ0v) is 15.5. The van der Waals surface area contributed by atoms with Crippen molar-refractivity contribution in [2.45, 2.75) is 18.9 Å². The molecule has 6 heteroatoms. The fraction of sp³-hybridized carbons (Fsp3) is 0.263. The first-order chi connectivity index (χ1) is 12.2. The maximum absolute atomic E-state index is 12.5. The number of hydrogen-bond acceptors (Lipinski definition) is 3. The van der Waals surface area contributed by atoms with Gasteiger partial charge in [-0.05, 0) is 48.3 Å². The largest absolute Gasteiger partial charge is 0.346 e. The van der Waals surface area contributed by atoms with Crippen LogP contribution in [0.1, 0.15) is 23.9 Å². The Labute approximate surface area is 156 Å².